The Hall–Kier alpha value is -1.62. The molecule has 0 amide bonds. The summed E-state index contributed by atoms with van der Waals surface area (Å²) in [6.07, 6.45) is 5.92. The zero-order chi connectivity index (χ0) is 12.6. The number of H-pyrrole nitrogens is 1. The molecule has 18 heavy (non-hydrogen) atoms. The SMILES string of the molecule is CC1CCC(N)(c2nc(-c3ccc[nH]3)no2)CC1. The first kappa shape index (κ1) is 11.5. The van der Waals surface area contributed by atoms with Crippen LogP contribution in [-0.4, -0.2) is 15.1 Å². The Balaban J connectivity index is 1.85. The second kappa shape index (κ2) is 4.24. The Kier molecular flexibility index (Phi) is 2.70. The van der Waals surface area contributed by atoms with E-state index in [2.05, 4.69) is 22.0 Å². The van der Waals surface area contributed by atoms with E-state index in [0.717, 1.165) is 37.3 Å². The molecule has 3 rings (SSSR count). The molecule has 1 aliphatic rings. The zero-order valence-electron chi connectivity index (χ0n) is 10.5. The van der Waals surface area contributed by atoms with E-state index in [1.165, 1.54) is 0 Å². The topological polar surface area (TPSA) is 80.7 Å². The van der Waals surface area contributed by atoms with Gasteiger partial charge in [0.1, 0.15) is 0 Å². The quantitative estimate of drug-likeness (QED) is 0.852. The van der Waals surface area contributed by atoms with Crippen molar-refractivity contribution < 1.29 is 4.52 Å². The number of aromatic nitrogens is 3. The van der Waals surface area contributed by atoms with Crippen LogP contribution < -0.4 is 5.73 Å². The molecule has 3 N–H and O–H groups in total. The average Bonchev–Trinajstić information content (AvgIpc) is 3.01. The molecular weight excluding hydrogens is 228 g/mol. The molecule has 2 aromatic heterocycles. The Bertz CT molecular complexity index is 509. The van der Waals surface area contributed by atoms with Crippen LogP contribution in [0.1, 0.15) is 38.5 Å². The van der Waals surface area contributed by atoms with Crippen LogP contribution in [-0.2, 0) is 5.54 Å². The van der Waals surface area contributed by atoms with E-state index >= 15 is 0 Å². The van der Waals surface area contributed by atoms with Crippen LogP contribution >= 0.6 is 0 Å². The van der Waals surface area contributed by atoms with Gasteiger partial charge in [0.2, 0.25) is 11.7 Å². The highest BCUT2D eigenvalue weighted by Gasteiger charge is 2.37. The Morgan fingerprint density at radius 1 is 1.44 bits per heavy atom. The van der Waals surface area contributed by atoms with Crippen molar-refractivity contribution in [3.8, 4) is 11.5 Å². The minimum Gasteiger partial charge on any atom is -0.359 e. The summed E-state index contributed by atoms with van der Waals surface area (Å²) in [5, 5.41) is 4.00. The standard InChI is InChI=1S/C13H18N4O/c1-9-4-6-13(14,7-5-9)12-16-11(17-18-12)10-3-2-8-15-10/h2-3,8-9,15H,4-7,14H2,1H3. The molecule has 5 nitrogen and oxygen atoms in total. The van der Waals surface area contributed by atoms with Gasteiger partial charge in [0.25, 0.3) is 0 Å². The number of hydrogen-bond donors (Lipinski definition) is 2. The summed E-state index contributed by atoms with van der Waals surface area (Å²) in [6, 6.07) is 3.83. The molecule has 0 radical (unpaired) electrons. The van der Waals surface area contributed by atoms with E-state index < -0.39 is 5.54 Å². The highest BCUT2D eigenvalue weighted by molar-refractivity contribution is 5.48. The summed E-state index contributed by atoms with van der Waals surface area (Å²) in [5.41, 5.74) is 6.82. The number of hydrogen-bond acceptors (Lipinski definition) is 4. The Morgan fingerprint density at radius 3 is 2.89 bits per heavy atom. The van der Waals surface area contributed by atoms with Crippen molar-refractivity contribution in [1.82, 2.24) is 15.1 Å². The fraction of sp³-hybridized carbons (Fsp3) is 0.538. The third-order valence-corrected chi connectivity index (χ3v) is 3.86. The molecule has 0 atom stereocenters. The predicted octanol–water partition coefficient (Wildman–Crippen LogP) is 2.43. The minimum absolute atomic E-state index is 0.440. The number of nitrogens with one attached hydrogen (secondary N) is 1. The van der Waals surface area contributed by atoms with Crippen LogP contribution in [0.3, 0.4) is 0 Å². The number of aromatic amines is 1. The van der Waals surface area contributed by atoms with Gasteiger partial charge < -0.3 is 15.2 Å². The molecule has 2 heterocycles. The monoisotopic (exact) mass is 246 g/mol. The molecule has 1 aliphatic carbocycles. The maximum atomic E-state index is 6.40. The van der Waals surface area contributed by atoms with Gasteiger partial charge in [-0.15, -0.1) is 0 Å². The van der Waals surface area contributed by atoms with E-state index in [9.17, 15) is 0 Å². The van der Waals surface area contributed by atoms with Gasteiger partial charge in [-0.2, -0.15) is 4.98 Å². The first-order valence-corrected chi connectivity index (χ1v) is 6.44. The molecule has 0 spiro atoms. The zero-order valence-corrected chi connectivity index (χ0v) is 10.5. The van der Waals surface area contributed by atoms with Crippen molar-refractivity contribution in [3.63, 3.8) is 0 Å². The molecule has 0 unspecified atom stereocenters. The van der Waals surface area contributed by atoms with E-state index in [4.69, 9.17) is 10.3 Å². The third-order valence-electron chi connectivity index (χ3n) is 3.86. The average molecular weight is 246 g/mol. The smallest absolute Gasteiger partial charge is 0.247 e. The van der Waals surface area contributed by atoms with Crippen molar-refractivity contribution in [1.29, 1.82) is 0 Å². The molecule has 1 fully saturated rings. The fourth-order valence-corrected chi connectivity index (χ4v) is 2.50. The number of nitrogens with two attached hydrogens (primary N) is 1. The predicted molar refractivity (Wildman–Crippen MR) is 67.6 cm³/mol. The van der Waals surface area contributed by atoms with Crippen LogP contribution in [0.4, 0.5) is 0 Å². The second-order valence-corrected chi connectivity index (χ2v) is 5.35. The summed E-state index contributed by atoms with van der Waals surface area (Å²) < 4.78 is 5.36. The molecule has 0 aliphatic heterocycles. The fourth-order valence-electron chi connectivity index (χ4n) is 2.50. The van der Waals surface area contributed by atoms with Gasteiger partial charge in [-0.1, -0.05) is 12.1 Å². The van der Waals surface area contributed by atoms with Crippen LogP contribution in [0.25, 0.3) is 11.5 Å². The lowest BCUT2D eigenvalue weighted by atomic mass is 9.78. The van der Waals surface area contributed by atoms with Crippen molar-refractivity contribution in [2.24, 2.45) is 11.7 Å². The highest BCUT2D eigenvalue weighted by atomic mass is 16.5. The first-order valence-electron chi connectivity index (χ1n) is 6.44. The molecule has 0 saturated heterocycles. The van der Waals surface area contributed by atoms with Crippen LogP contribution in [0.15, 0.2) is 22.9 Å². The maximum absolute atomic E-state index is 6.40. The molecule has 5 heteroatoms. The molecular formula is C13H18N4O. The van der Waals surface area contributed by atoms with Crippen molar-refractivity contribution in [2.75, 3.05) is 0 Å². The van der Waals surface area contributed by atoms with Crippen LogP contribution in [0.2, 0.25) is 0 Å². The summed E-state index contributed by atoms with van der Waals surface area (Å²) in [7, 11) is 0. The van der Waals surface area contributed by atoms with Gasteiger partial charge in [-0.25, -0.2) is 0 Å². The van der Waals surface area contributed by atoms with Gasteiger partial charge >= 0.3 is 0 Å². The van der Waals surface area contributed by atoms with Crippen molar-refractivity contribution in [3.05, 3.63) is 24.2 Å². The Labute approximate surface area is 106 Å². The van der Waals surface area contributed by atoms with Gasteiger partial charge in [0.15, 0.2) is 0 Å². The summed E-state index contributed by atoms with van der Waals surface area (Å²) in [6.45, 7) is 2.26. The molecule has 0 aromatic carbocycles. The highest BCUT2D eigenvalue weighted by Crippen LogP contribution is 2.36. The Morgan fingerprint density at radius 2 is 2.22 bits per heavy atom. The van der Waals surface area contributed by atoms with Crippen molar-refractivity contribution in [2.45, 2.75) is 38.1 Å². The molecule has 0 bridgehead atoms. The second-order valence-electron chi connectivity index (χ2n) is 5.35. The molecule has 1 saturated carbocycles. The van der Waals surface area contributed by atoms with Gasteiger partial charge in [0, 0.05) is 6.20 Å². The minimum atomic E-state index is -0.440. The van der Waals surface area contributed by atoms with E-state index in [0.29, 0.717) is 11.7 Å². The lowest BCUT2D eigenvalue weighted by Crippen LogP contribution is -2.40. The summed E-state index contributed by atoms with van der Waals surface area (Å²) >= 11 is 0. The number of rotatable bonds is 2. The third kappa shape index (κ3) is 1.95. The van der Waals surface area contributed by atoms with E-state index in [1.54, 1.807) is 0 Å². The van der Waals surface area contributed by atoms with Crippen LogP contribution in [0, 0.1) is 5.92 Å². The van der Waals surface area contributed by atoms with Crippen LogP contribution in [0.5, 0.6) is 0 Å². The summed E-state index contributed by atoms with van der Waals surface area (Å²) in [5.74, 6) is 1.89. The van der Waals surface area contributed by atoms with Gasteiger partial charge in [-0.05, 0) is 43.7 Å². The summed E-state index contributed by atoms with van der Waals surface area (Å²) in [4.78, 5) is 7.50. The van der Waals surface area contributed by atoms with E-state index in [-0.39, 0.29) is 0 Å². The molecule has 2 aromatic rings. The van der Waals surface area contributed by atoms with Gasteiger partial charge in [0.05, 0.1) is 11.2 Å². The van der Waals surface area contributed by atoms with Crippen molar-refractivity contribution >= 4 is 0 Å². The molecule has 96 valence electrons. The van der Waals surface area contributed by atoms with E-state index in [1.807, 2.05) is 18.3 Å². The largest absolute Gasteiger partial charge is 0.359 e. The normalized spacial score (nSPS) is 28.4. The lowest BCUT2D eigenvalue weighted by Gasteiger charge is -2.32. The lowest BCUT2D eigenvalue weighted by molar-refractivity contribution is 0.190. The maximum Gasteiger partial charge on any atom is 0.247 e. The number of nitrogens with zero attached hydrogens (tertiary/aromatic N) is 2. The first-order chi connectivity index (χ1) is 8.67. The van der Waals surface area contributed by atoms with Gasteiger partial charge in [-0.3, -0.25) is 0 Å².